The summed E-state index contributed by atoms with van der Waals surface area (Å²) in [4.78, 5) is 13.0. The minimum atomic E-state index is -0.0755. The highest BCUT2D eigenvalue weighted by atomic mass is 16.5. The molecule has 0 bridgehead atoms. The molecule has 0 heterocycles. The highest BCUT2D eigenvalue weighted by Gasteiger charge is 2.30. The van der Waals surface area contributed by atoms with Crippen molar-refractivity contribution in [3.05, 3.63) is 29.3 Å². The number of benzene rings is 2. The van der Waals surface area contributed by atoms with E-state index in [-0.39, 0.29) is 18.0 Å². The van der Waals surface area contributed by atoms with Gasteiger partial charge < -0.3 is 23.7 Å². The van der Waals surface area contributed by atoms with Gasteiger partial charge in [-0.05, 0) is 57.9 Å². The molecule has 0 spiro atoms. The van der Waals surface area contributed by atoms with Crippen molar-refractivity contribution < 1.29 is 28.5 Å². The largest absolute Gasteiger partial charge is 0.493 e. The number of rotatable bonds is 7. The summed E-state index contributed by atoms with van der Waals surface area (Å²) in [7, 11) is 4.78. The molecule has 30 heavy (non-hydrogen) atoms. The van der Waals surface area contributed by atoms with E-state index in [9.17, 15) is 4.79 Å². The fraction of sp³-hybridized carbons (Fsp3) is 0.458. The molecular formula is C24H30O6. The molecule has 2 aromatic rings. The maximum Gasteiger partial charge on any atom is 0.204 e. The van der Waals surface area contributed by atoms with E-state index in [1.54, 1.807) is 27.4 Å². The Morgan fingerprint density at radius 1 is 0.700 bits per heavy atom. The second-order valence-corrected chi connectivity index (χ2v) is 7.78. The molecule has 2 aromatic carbocycles. The lowest BCUT2D eigenvalue weighted by Crippen LogP contribution is -2.10. The summed E-state index contributed by atoms with van der Waals surface area (Å²) in [5.74, 6) is 2.82. The van der Waals surface area contributed by atoms with E-state index in [1.807, 2.05) is 39.8 Å². The average Bonchev–Trinajstić information content (AvgIpc) is 2.83. The molecule has 1 aliphatic rings. The number of fused-ring (bicyclic) bond motifs is 3. The van der Waals surface area contributed by atoms with Gasteiger partial charge >= 0.3 is 0 Å². The number of hydrogen-bond acceptors (Lipinski definition) is 6. The van der Waals surface area contributed by atoms with E-state index in [2.05, 4.69) is 0 Å². The first-order chi connectivity index (χ1) is 14.3. The molecule has 0 saturated heterocycles. The highest BCUT2D eigenvalue weighted by molar-refractivity contribution is 6.06. The summed E-state index contributed by atoms with van der Waals surface area (Å²) in [5, 5.41) is 0. The molecule has 6 nitrogen and oxygen atoms in total. The molecule has 0 radical (unpaired) electrons. The van der Waals surface area contributed by atoms with Crippen LogP contribution in [0.25, 0.3) is 11.1 Å². The molecular weight excluding hydrogens is 384 g/mol. The second-order valence-electron chi connectivity index (χ2n) is 7.78. The molecule has 0 aromatic heterocycles. The summed E-state index contributed by atoms with van der Waals surface area (Å²) < 4.78 is 28.9. The number of ether oxygens (including phenoxy) is 5. The van der Waals surface area contributed by atoms with Gasteiger partial charge in [-0.15, -0.1) is 0 Å². The van der Waals surface area contributed by atoms with Gasteiger partial charge in [0.1, 0.15) is 0 Å². The topological polar surface area (TPSA) is 63.2 Å². The standard InChI is InChI=1S/C24H30O6/c1-13(2)29-20-12-17-16(11-19(20)26-5)18(25)9-8-15-10-21(27-6)23(30-14(3)4)24(28-7)22(15)17/h10-14H,8-9H2,1-7H3. The SMILES string of the molecule is COc1cc2c(cc1OC(C)C)-c1c(cc(OC)c(OC(C)C)c1OC)CCC2=O. The Bertz CT molecular complexity index is 945. The van der Waals surface area contributed by atoms with Gasteiger partial charge in [0.05, 0.1) is 33.5 Å². The quantitative estimate of drug-likeness (QED) is 0.629. The zero-order chi connectivity index (χ0) is 22.0. The molecule has 0 atom stereocenters. The van der Waals surface area contributed by atoms with Crippen molar-refractivity contribution in [3.63, 3.8) is 0 Å². The van der Waals surface area contributed by atoms with Crippen molar-refractivity contribution in [1.82, 2.24) is 0 Å². The van der Waals surface area contributed by atoms with E-state index >= 15 is 0 Å². The average molecular weight is 414 g/mol. The maximum absolute atomic E-state index is 13.0. The van der Waals surface area contributed by atoms with Crippen LogP contribution in [0.2, 0.25) is 0 Å². The van der Waals surface area contributed by atoms with Crippen molar-refractivity contribution in [2.45, 2.75) is 52.7 Å². The Morgan fingerprint density at radius 3 is 1.90 bits per heavy atom. The van der Waals surface area contributed by atoms with Gasteiger partial charge in [-0.25, -0.2) is 0 Å². The van der Waals surface area contributed by atoms with Crippen LogP contribution >= 0.6 is 0 Å². The van der Waals surface area contributed by atoms with Crippen LogP contribution in [0, 0.1) is 0 Å². The lowest BCUT2D eigenvalue weighted by atomic mass is 9.94. The van der Waals surface area contributed by atoms with Gasteiger partial charge in [0.15, 0.2) is 28.8 Å². The van der Waals surface area contributed by atoms with E-state index in [1.165, 1.54) is 0 Å². The van der Waals surface area contributed by atoms with Crippen LogP contribution in [0.4, 0.5) is 0 Å². The number of aryl methyl sites for hydroxylation is 1. The molecule has 162 valence electrons. The Kier molecular flexibility index (Phi) is 6.44. The summed E-state index contributed by atoms with van der Waals surface area (Å²) in [6, 6.07) is 5.56. The molecule has 0 amide bonds. The predicted molar refractivity (Wildman–Crippen MR) is 116 cm³/mol. The van der Waals surface area contributed by atoms with Crippen molar-refractivity contribution in [1.29, 1.82) is 0 Å². The van der Waals surface area contributed by atoms with Gasteiger partial charge in [0.2, 0.25) is 5.75 Å². The van der Waals surface area contributed by atoms with Gasteiger partial charge in [-0.3, -0.25) is 4.79 Å². The van der Waals surface area contributed by atoms with Crippen molar-refractivity contribution in [3.8, 4) is 39.9 Å². The van der Waals surface area contributed by atoms with Crippen molar-refractivity contribution in [2.24, 2.45) is 0 Å². The highest BCUT2D eigenvalue weighted by Crippen LogP contribution is 2.51. The van der Waals surface area contributed by atoms with Gasteiger partial charge in [0, 0.05) is 23.1 Å². The van der Waals surface area contributed by atoms with Crippen LogP contribution in [-0.2, 0) is 6.42 Å². The Hall–Kier alpha value is -2.89. The lowest BCUT2D eigenvalue weighted by Gasteiger charge is -2.23. The smallest absolute Gasteiger partial charge is 0.204 e. The molecule has 0 fully saturated rings. The van der Waals surface area contributed by atoms with Crippen LogP contribution in [0.1, 0.15) is 50.0 Å². The van der Waals surface area contributed by atoms with E-state index in [4.69, 9.17) is 23.7 Å². The van der Waals surface area contributed by atoms with Gasteiger partial charge in [-0.2, -0.15) is 0 Å². The zero-order valence-corrected chi connectivity index (χ0v) is 18.8. The van der Waals surface area contributed by atoms with E-state index < -0.39 is 0 Å². The third-order valence-corrected chi connectivity index (χ3v) is 4.92. The maximum atomic E-state index is 13.0. The van der Waals surface area contributed by atoms with E-state index in [0.29, 0.717) is 47.2 Å². The fourth-order valence-corrected chi connectivity index (χ4v) is 3.74. The first-order valence-electron chi connectivity index (χ1n) is 10.2. The van der Waals surface area contributed by atoms with E-state index in [0.717, 1.165) is 16.7 Å². The van der Waals surface area contributed by atoms with Gasteiger partial charge in [-0.1, -0.05) is 0 Å². The Balaban J connectivity index is 2.36. The third-order valence-electron chi connectivity index (χ3n) is 4.92. The first kappa shape index (κ1) is 21.8. The third kappa shape index (κ3) is 4.04. The molecule has 0 unspecified atom stereocenters. The monoisotopic (exact) mass is 414 g/mol. The lowest BCUT2D eigenvalue weighted by molar-refractivity contribution is 0.0984. The molecule has 0 aliphatic heterocycles. The molecule has 1 aliphatic carbocycles. The van der Waals surface area contributed by atoms with Gasteiger partial charge in [0.25, 0.3) is 0 Å². The number of carbonyl (C=O) groups excluding carboxylic acids is 1. The van der Waals surface area contributed by atoms with Crippen molar-refractivity contribution in [2.75, 3.05) is 21.3 Å². The number of Topliss-reactive ketones (excluding diaryl/α,β-unsaturated/α-hetero) is 1. The van der Waals surface area contributed by atoms with Crippen LogP contribution < -0.4 is 23.7 Å². The predicted octanol–water partition coefficient (Wildman–Crippen LogP) is 5.08. The Labute approximate surface area is 178 Å². The number of hydrogen-bond donors (Lipinski definition) is 0. The summed E-state index contributed by atoms with van der Waals surface area (Å²) in [6.07, 6.45) is 0.827. The summed E-state index contributed by atoms with van der Waals surface area (Å²) in [6.45, 7) is 7.79. The minimum Gasteiger partial charge on any atom is -0.493 e. The summed E-state index contributed by atoms with van der Waals surface area (Å²) in [5.41, 5.74) is 3.12. The normalized spacial score (nSPS) is 12.9. The number of methoxy groups -OCH3 is 3. The molecule has 0 saturated carbocycles. The minimum absolute atomic E-state index is 0.0444. The second kappa shape index (κ2) is 8.86. The molecule has 6 heteroatoms. The molecule has 0 N–H and O–H groups in total. The first-order valence-corrected chi connectivity index (χ1v) is 10.2. The number of ketones is 1. The summed E-state index contributed by atoms with van der Waals surface area (Å²) >= 11 is 0. The van der Waals surface area contributed by atoms with Crippen molar-refractivity contribution >= 4 is 5.78 Å². The van der Waals surface area contributed by atoms with Crippen LogP contribution in [0.3, 0.4) is 0 Å². The molecule has 3 rings (SSSR count). The zero-order valence-electron chi connectivity index (χ0n) is 18.8. The fourth-order valence-electron chi connectivity index (χ4n) is 3.74. The van der Waals surface area contributed by atoms with Crippen LogP contribution in [-0.4, -0.2) is 39.3 Å². The van der Waals surface area contributed by atoms with Crippen LogP contribution in [0.5, 0.6) is 28.7 Å². The Morgan fingerprint density at radius 2 is 1.33 bits per heavy atom. The van der Waals surface area contributed by atoms with Crippen LogP contribution in [0.15, 0.2) is 18.2 Å². The number of carbonyl (C=O) groups is 1.